The topological polar surface area (TPSA) is 52.7 Å². The summed E-state index contributed by atoms with van der Waals surface area (Å²) in [5.41, 5.74) is 4.87. The van der Waals surface area contributed by atoms with E-state index in [1.807, 2.05) is 17.9 Å². The minimum absolute atomic E-state index is 0.00363. The molecular formula is C25H32ClN3O2. The zero-order chi connectivity index (χ0) is 22.4. The predicted octanol–water partition coefficient (Wildman–Crippen LogP) is 4.56. The molecule has 1 aliphatic rings. The molecule has 1 aliphatic heterocycles. The van der Waals surface area contributed by atoms with Gasteiger partial charge in [0.15, 0.2) is 0 Å². The normalized spacial score (nSPS) is 14.9. The number of carbonyl (C=O) groups excluding carboxylic acids is 2. The van der Waals surface area contributed by atoms with Gasteiger partial charge in [-0.1, -0.05) is 43.6 Å². The number of anilines is 1. The fourth-order valence-corrected chi connectivity index (χ4v) is 4.38. The lowest BCUT2D eigenvalue weighted by Gasteiger charge is -2.23. The van der Waals surface area contributed by atoms with Gasteiger partial charge in [-0.05, 0) is 61.1 Å². The maximum absolute atomic E-state index is 13.0. The lowest BCUT2D eigenvalue weighted by molar-refractivity contribution is -0.117. The lowest BCUT2D eigenvalue weighted by atomic mass is 10.0. The summed E-state index contributed by atoms with van der Waals surface area (Å²) < 4.78 is 0. The van der Waals surface area contributed by atoms with E-state index in [0.29, 0.717) is 36.8 Å². The van der Waals surface area contributed by atoms with Crippen molar-refractivity contribution < 1.29 is 9.59 Å². The average Bonchev–Trinajstić information content (AvgIpc) is 2.99. The van der Waals surface area contributed by atoms with Crippen molar-refractivity contribution in [3.05, 3.63) is 63.7 Å². The third-order valence-corrected chi connectivity index (χ3v) is 6.16. The minimum atomic E-state index is 0.00363. The highest BCUT2D eigenvalue weighted by atomic mass is 35.5. The molecule has 1 heterocycles. The number of amides is 2. The summed E-state index contributed by atoms with van der Waals surface area (Å²) in [6.07, 6.45) is 2.61. The van der Waals surface area contributed by atoms with Crippen molar-refractivity contribution in [1.82, 2.24) is 9.80 Å². The molecular weight excluding hydrogens is 410 g/mol. The summed E-state index contributed by atoms with van der Waals surface area (Å²) in [6, 6.07) is 11.6. The Morgan fingerprint density at radius 2 is 1.71 bits per heavy atom. The van der Waals surface area contributed by atoms with Gasteiger partial charge in [0.25, 0.3) is 5.91 Å². The first-order chi connectivity index (χ1) is 14.9. The fraction of sp³-hybridized carbons (Fsp3) is 0.440. The molecule has 0 radical (unpaired) electrons. The molecule has 31 heavy (non-hydrogen) atoms. The van der Waals surface area contributed by atoms with E-state index in [9.17, 15) is 9.59 Å². The summed E-state index contributed by atoms with van der Waals surface area (Å²) in [7, 11) is 0. The van der Waals surface area contributed by atoms with Crippen molar-refractivity contribution in [2.45, 2.75) is 40.0 Å². The molecule has 0 unspecified atom stereocenters. The number of nitrogens with one attached hydrogen (secondary N) is 1. The molecule has 0 aromatic heterocycles. The number of hydrogen-bond donors (Lipinski definition) is 1. The number of hydrogen-bond acceptors (Lipinski definition) is 3. The van der Waals surface area contributed by atoms with Crippen LogP contribution in [-0.4, -0.2) is 54.3 Å². The Morgan fingerprint density at radius 1 is 1.00 bits per heavy atom. The van der Waals surface area contributed by atoms with E-state index in [0.717, 1.165) is 37.1 Å². The van der Waals surface area contributed by atoms with Crippen molar-refractivity contribution >= 4 is 29.1 Å². The zero-order valence-corrected chi connectivity index (χ0v) is 19.5. The molecule has 1 saturated heterocycles. The molecule has 1 N–H and O–H groups in total. The molecule has 3 rings (SSSR count). The van der Waals surface area contributed by atoms with Gasteiger partial charge >= 0.3 is 0 Å². The van der Waals surface area contributed by atoms with Gasteiger partial charge in [-0.2, -0.15) is 0 Å². The molecule has 2 aromatic carbocycles. The van der Waals surface area contributed by atoms with Crippen molar-refractivity contribution in [2.75, 3.05) is 38.0 Å². The van der Waals surface area contributed by atoms with E-state index >= 15 is 0 Å². The van der Waals surface area contributed by atoms with Crippen molar-refractivity contribution in [2.24, 2.45) is 0 Å². The molecule has 0 bridgehead atoms. The SMILES string of the molecule is CCc1cccc(CC)c1NC(=O)CN1CCCN(C(=O)c2ccc(Cl)cc2C)CC1. The fourth-order valence-electron chi connectivity index (χ4n) is 4.15. The Hall–Kier alpha value is -2.37. The van der Waals surface area contributed by atoms with E-state index in [2.05, 4.69) is 42.3 Å². The largest absolute Gasteiger partial charge is 0.337 e. The van der Waals surface area contributed by atoms with Gasteiger partial charge < -0.3 is 10.2 Å². The highest BCUT2D eigenvalue weighted by Crippen LogP contribution is 2.23. The van der Waals surface area contributed by atoms with Crippen LogP contribution in [0, 0.1) is 6.92 Å². The molecule has 0 saturated carbocycles. The number of aryl methyl sites for hydroxylation is 3. The quantitative estimate of drug-likeness (QED) is 0.714. The van der Waals surface area contributed by atoms with Gasteiger partial charge in [-0.25, -0.2) is 0 Å². The zero-order valence-electron chi connectivity index (χ0n) is 18.7. The number of nitrogens with zero attached hydrogens (tertiary/aromatic N) is 2. The Balaban J connectivity index is 1.60. The molecule has 2 aromatic rings. The molecule has 6 heteroatoms. The van der Waals surface area contributed by atoms with Gasteiger partial charge in [0.1, 0.15) is 0 Å². The van der Waals surface area contributed by atoms with Crippen LogP contribution >= 0.6 is 11.6 Å². The smallest absolute Gasteiger partial charge is 0.254 e. The molecule has 0 spiro atoms. The van der Waals surface area contributed by atoms with Crippen LogP contribution in [0.4, 0.5) is 5.69 Å². The Labute approximate surface area is 190 Å². The molecule has 166 valence electrons. The molecule has 5 nitrogen and oxygen atoms in total. The number of rotatable bonds is 6. The van der Waals surface area contributed by atoms with Gasteiger partial charge in [-0.15, -0.1) is 0 Å². The van der Waals surface area contributed by atoms with Crippen LogP contribution in [0.15, 0.2) is 36.4 Å². The molecule has 0 aliphatic carbocycles. The number of halogens is 1. The van der Waals surface area contributed by atoms with Crippen LogP contribution in [0.5, 0.6) is 0 Å². The Kier molecular flexibility index (Phi) is 8.10. The molecule has 1 fully saturated rings. The van der Waals surface area contributed by atoms with Gasteiger partial charge in [0.05, 0.1) is 6.54 Å². The summed E-state index contributed by atoms with van der Waals surface area (Å²) in [5, 5.41) is 3.78. The van der Waals surface area contributed by atoms with Crippen molar-refractivity contribution in [3.8, 4) is 0 Å². The second-order valence-corrected chi connectivity index (χ2v) is 8.52. The maximum Gasteiger partial charge on any atom is 0.254 e. The van der Waals surface area contributed by atoms with Gasteiger partial charge in [0.2, 0.25) is 5.91 Å². The van der Waals surface area contributed by atoms with Crippen LogP contribution in [0.2, 0.25) is 5.02 Å². The monoisotopic (exact) mass is 441 g/mol. The second-order valence-electron chi connectivity index (χ2n) is 8.09. The van der Waals surface area contributed by atoms with Crippen LogP contribution in [-0.2, 0) is 17.6 Å². The van der Waals surface area contributed by atoms with Gasteiger partial charge in [0, 0.05) is 42.5 Å². The van der Waals surface area contributed by atoms with Crippen LogP contribution in [0.1, 0.15) is 47.3 Å². The third-order valence-electron chi connectivity index (χ3n) is 5.93. The average molecular weight is 442 g/mol. The van der Waals surface area contributed by atoms with E-state index in [1.54, 1.807) is 12.1 Å². The summed E-state index contributed by atoms with van der Waals surface area (Å²) in [5.74, 6) is 0.0360. The van der Waals surface area contributed by atoms with E-state index in [1.165, 1.54) is 11.1 Å². The van der Waals surface area contributed by atoms with Crippen molar-refractivity contribution in [3.63, 3.8) is 0 Å². The van der Waals surface area contributed by atoms with Crippen LogP contribution in [0.3, 0.4) is 0 Å². The second kappa shape index (κ2) is 10.8. The van der Waals surface area contributed by atoms with E-state index in [4.69, 9.17) is 11.6 Å². The highest BCUT2D eigenvalue weighted by molar-refractivity contribution is 6.30. The van der Waals surface area contributed by atoms with E-state index in [-0.39, 0.29) is 11.8 Å². The number of para-hydroxylation sites is 1. The standard InChI is InChI=1S/C25H32ClN3O2/c1-4-19-8-6-9-20(5-2)24(19)27-23(30)17-28-12-7-13-29(15-14-28)25(31)22-11-10-21(26)16-18(22)3/h6,8-11,16H,4-5,7,12-15,17H2,1-3H3,(H,27,30). The van der Waals surface area contributed by atoms with Crippen molar-refractivity contribution in [1.29, 1.82) is 0 Å². The first-order valence-electron chi connectivity index (χ1n) is 11.1. The molecule has 2 amide bonds. The molecule has 0 atom stereocenters. The first kappa shape index (κ1) is 23.3. The third kappa shape index (κ3) is 5.86. The van der Waals surface area contributed by atoms with Crippen LogP contribution < -0.4 is 5.32 Å². The Bertz CT molecular complexity index is 922. The van der Waals surface area contributed by atoms with E-state index < -0.39 is 0 Å². The summed E-state index contributed by atoms with van der Waals surface area (Å²) in [4.78, 5) is 29.8. The first-order valence-corrected chi connectivity index (χ1v) is 11.5. The summed E-state index contributed by atoms with van der Waals surface area (Å²) in [6.45, 7) is 9.24. The van der Waals surface area contributed by atoms with Crippen LogP contribution in [0.25, 0.3) is 0 Å². The highest BCUT2D eigenvalue weighted by Gasteiger charge is 2.23. The van der Waals surface area contributed by atoms with Gasteiger partial charge in [-0.3, -0.25) is 14.5 Å². The Morgan fingerprint density at radius 3 is 2.35 bits per heavy atom. The number of carbonyl (C=O) groups is 2. The minimum Gasteiger partial charge on any atom is -0.337 e. The lowest BCUT2D eigenvalue weighted by Crippen LogP contribution is -2.38. The maximum atomic E-state index is 13.0. The number of benzene rings is 2. The summed E-state index contributed by atoms with van der Waals surface area (Å²) >= 11 is 6.03. The predicted molar refractivity (Wildman–Crippen MR) is 127 cm³/mol.